The van der Waals surface area contributed by atoms with Crippen LogP contribution in [0.5, 0.6) is 5.75 Å². The van der Waals surface area contributed by atoms with Gasteiger partial charge in [-0.15, -0.1) is 0 Å². The van der Waals surface area contributed by atoms with Crippen molar-refractivity contribution in [3.63, 3.8) is 0 Å². The van der Waals surface area contributed by atoms with Gasteiger partial charge in [0.05, 0.1) is 12.3 Å². The number of alkyl carbamates (subject to hydrolysis) is 1. The monoisotopic (exact) mass is 250 g/mol. The Labute approximate surface area is 104 Å². The molecule has 2 rings (SSSR count). The SMILES string of the molecule is CCOc1ccccc1NC(=O)C1COC(=O)N1. The molecule has 1 aromatic carbocycles. The Morgan fingerprint density at radius 2 is 2.33 bits per heavy atom. The minimum Gasteiger partial charge on any atom is -0.492 e. The number of anilines is 1. The third-order valence-electron chi connectivity index (χ3n) is 2.43. The van der Waals surface area contributed by atoms with Gasteiger partial charge >= 0.3 is 6.09 Å². The number of benzene rings is 1. The van der Waals surface area contributed by atoms with E-state index in [4.69, 9.17) is 4.74 Å². The molecule has 0 radical (unpaired) electrons. The molecule has 2 N–H and O–H groups in total. The summed E-state index contributed by atoms with van der Waals surface area (Å²) < 4.78 is 10.0. The van der Waals surface area contributed by atoms with E-state index in [9.17, 15) is 9.59 Å². The van der Waals surface area contributed by atoms with Gasteiger partial charge in [0.25, 0.3) is 5.91 Å². The lowest BCUT2D eigenvalue weighted by Gasteiger charge is -2.13. The Kier molecular flexibility index (Phi) is 3.66. The molecule has 0 saturated carbocycles. The Morgan fingerprint density at radius 3 is 3.00 bits per heavy atom. The van der Waals surface area contributed by atoms with Crippen molar-refractivity contribution in [2.75, 3.05) is 18.5 Å². The summed E-state index contributed by atoms with van der Waals surface area (Å²) in [6.07, 6.45) is -0.576. The van der Waals surface area contributed by atoms with Gasteiger partial charge in [0.2, 0.25) is 0 Å². The number of nitrogens with one attached hydrogen (secondary N) is 2. The van der Waals surface area contributed by atoms with Crippen LogP contribution in [0.2, 0.25) is 0 Å². The predicted octanol–water partition coefficient (Wildman–Crippen LogP) is 1.13. The Bertz CT molecular complexity index is 461. The van der Waals surface area contributed by atoms with E-state index < -0.39 is 12.1 Å². The number of carbonyl (C=O) groups is 2. The molecule has 1 unspecified atom stereocenters. The number of hydrogen-bond acceptors (Lipinski definition) is 4. The van der Waals surface area contributed by atoms with E-state index >= 15 is 0 Å². The van der Waals surface area contributed by atoms with Crippen LogP contribution in [0, 0.1) is 0 Å². The summed E-state index contributed by atoms with van der Waals surface area (Å²) in [5, 5.41) is 5.11. The summed E-state index contributed by atoms with van der Waals surface area (Å²) in [5.41, 5.74) is 0.575. The van der Waals surface area contributed by atoms with Crippen molar-refractivity contribution >= 4 is 17.7 Å². The van der Waals surface area contributed by atoms with Crippen molar-refractivity contribution in [1.29, 1.82) is 0 Å². The molecule has 1 saturated heterocycles. The molecule has 0 bridgehead atoms. The molecule has 96 valence electrons. The van der Waals surface area contributed by atoms with Crippen LogP contribution in [-0.2, 0) is 9.53 Å². The van der Waals surface area contributed by atoms with Crippen molar-refractivity contribution < 1.29 is 19.1 Å². The number of rotatable bonds is 4. The molecule has 6 nitrogen and oxygen atoms in total. The molecule has 2 amide bonds. The highest BCUT2D eigenvalue weighted by molar-refractivity contribution is 5.98. The standard InChI is InChI=1S/C12H14N2O4/c1-2-17-10-6-4-3-5-8(10)13-11(15)9-7-18-12(16)14-9/h3-6,9H,2,7H2,1H3,(H,13,15)(H,14,16). The number of ether oxygens (including phenoxy) is 2. The summed E-state index contributed by atoms with van der Waals surface area (Å²) in [6.45, 7) is 2.42. The van der Waals surface area contributed by atoms with Gasteiger partial charge in [-0.3, -0.25) is 4.79 Å². The second-order valence-corrected chi connectivity index (χ2v) is 3.71. The van der Waals surface area contributed by atoms with E-state index in [2.05, 4.69) is 15.4 Å². The van der Waals surface area contributed by atoms with Crippen LogP contribution in [0.25, 0.3) is 0 Å². The Morgan fingerprint density at radius 1 is 1.56 bits per heavy atom. The summed E-state index contributed by atoms with van der Waals surface area (Å²) in [6, 6.07) is 6.46. The van der Waals surface area contributed by atoms with E-state index in [1.165, 1.54) is 0 Å². The Balaban J connectivity index is 2.04. The zero-order valence-corrected chi connectivity index (χ0v) is 9.93. The molecule has 6 heteroatoms. The first-order valence-electron chi connectivity index (χ1n) is 5.66. The molecule has 1 atom stereocenters. The summed E-state index contributed by atoms with van der Waals surface area (Å²) in [7, 11) is 0. The third kappa shape index (κ3) is 2.71. The molecular formula is C12H14N2O4. The number of carbonyl (C=O) groups excluding carboxylic acids is 2. The average molecular weight is 250 g/mol. The fraction of sp³-hybridized carbons (Fsp3) is 0.333. The van der Waals surface area contributed by atoms with Gasteiger partial charge in [-0.1, -0.05) is 12.1 Å². The van der Waals surface area contributed by atoms with E-state index in [-0.39, 0.29) is 12.5 Å². The third-order valence-corrected chi connectivity index (χ3v) is 2.43. The second kappa shape index (κ2) is 5.39. The summed E-state index contributed by atoms with van der Waals surface area (Å²) in [5.74, 6) is 0.270. The van der Waals surface area contributed by atoms with Gasteiger partial charge in [-0.25, -0.2) is 4.79 Å². The number of para-hydroxylation sites is 2. The smallest absolute Gasteiger partial charge is 0.407 e. The topological polar surface area (TPSA) is 76.7 Å². The molecule has 0 aromatic heterocycles. The predicted molar refractivity (Wildman–Crippen MR) is 64.5 cm³/mol. The molecule has 1 aliphatic rings. The lowest BCUT2D eigenvalue weighted by Crippen LogP contribution is -2.38. The van der Waals surface area contributed by atoms with E-state index in [0.717, 1.165) is 0 Å². The largest absolute Gasteiger partial charge is 0.492 e. The maximum atomic E-state index is 11.9. The fourth-order valence-corrected chi connectivity index (χ4v) is 1.60. The maximum Gasteiger partial charge on any atom is 0.407 e. The lowest BCUT2D eigenvalue weighted by molar-refractivity contribution is -0.117. The van der Waals surface area contributed by atoms with Gasteiger partial charge in [-0.2, -0.15) is 0 Å². The zero-order valence-electron chi connectivity index (χ0n) is 9.93. The van der Waals surface area contributed by atoms with Crippen LogP contribution in [0.4, 0.5) is 10.5 Å². The number of cyclic esters (lactones) is 1. The highest BCUT2D eigenvalue weighted by Crippen LogP contribution is 2.23. The van der Waals surface area contributed by atoms with E-state index in [0.29, 0.717) is 18.0 Å². The van der Waals surface area contributed by atoms with Gasteiger partial charge in [0, 0.05) is 0 Å². The molecular weight excluding hydrogens is 236 g/mol. The minimum absolute atomic E-state index is 0.0431. The fourth-order valence-electron chi connectivity index (χ4n) is 1.60. The van der Waals surface area contributed by atoms with Gasteiger partial charge < -0.3 is 20.1 Å². The lowest BCUT2D eigenvalue weighted by atomic mass is 10.2. The Hall–Kier alpha value is -2.24. The number of amides is 2. The normalized spacial score (nSPS) is 17.8. The van der Waals surface area contributed by atoms with Crippen LogP contribution in [0.1, 0.15) is 6.92 Å². The first kappa shape index (κ1) is 12.2. The van der Waals surface area contributed by atoms with Crippen molar-refractivity contribution in [3.8, 4) is 5.75 Å². The quantitative estimate of drug-likeness (QED) is 0.839. The van der Waals surface area contributed by atoms with Crippen molar-refractivity contribution in [3.05, 3.63) is 24.3 Å². The molecule has 1 fully saturated rings. The zero-order chi connectivity index (χ0) is 13.0. The van der Waals surface area contributed by atoms with Gasteiger partial charge in [-0.05, 0) is 19.1 Å². The van der Waals surface area contributed by atoms with E-state index in [1.54, 1.807) is 18.2 Å². The van der Waals surface area contributed by atoms with Crippen molar-refractivity contribution in [1.82, 2.24) is 5.32 Å². The first-order chi connectivity index (χ1) is 8.70. The molecule has 1 aromatic rings. The average Bonchev–Trinajstić information content (AvgIpc) is 2.79. The first-order valence-corrected chi connectivity index (χ1v) is 5.66. The van der Waals surface area contributed by atoms with Crippen LogP contribution in [-0.4, -0.2) is 31.3 Å². The van der Waals surface area contributed by atoms with Gasteiger partial charge in [0.15, 0.2) is 0 Å². The molecule has 18 heavy (non-hydrogen) atoms. The van der Waals surface area contributed by atoms with E-state index in [1.807, 2.05) is 13.0 Å². The highest BCUT2D eigenvalue weighted by Gasteiger charge is 2.29. The van der Waals surface area contributed by atoms with Crippen LogP contribution < -0.4 is 15.4 Å². The molecule has 1 aliphatic heterocycles. The number of hydrogen-bond donors (Lipinski definition) is 2. The molecule has 0 spiro atoms. The summed E-state index contributed by atoms with van der Waals surface area (Å²) in [4.78, 5) is 22.7. The highest BCUT2D eigenvalue weighted by atomic mass is 16.6. The second-order valence-electron chi connectivity index (χ2n) is 3.71. The van der Waals surface area contributed by atoms with Crippen molar-refractivity contribution in [2.24, 2.45) is 0 Å². The molecule has 1 heterocycles. The van der Waals surface area contributed by atoms with Crippen LogP contribution >= 0.6 is 0 Å². The van der Waals surface area contributed by atoms with Gasteiger partial charge in [0.1, 0.15) is 18.4 Å². The van der Waals surface area contributed by atoms with Crippen LogP contribution in [0.3, 0.4) is 0 Å². The van der Waals surface area contributed by atoms with Crippen molar-refractivity contribution in [2.45, 2.75) is 13.0 Å². The summed E-state index contributed by atoms with van der Waals surface area (Å²) >= 11 is 0. The molecule has 0 aliphatic carbocycles. The maximum absolute atomic E-state index is 11.9. The minimum atomic E-state index is -0.660. The van der Waals surface area contributed by atoms with Crippen LogP contribution in [0.15, 0.2) is 24.3 Å².